The molecular weight excluding hydrogens is 284 g/mol. The number of likely N-dealkylation sites (tertiary alicyclic amines) is 1. The Hall–Kier alpha value is -0.570. The van der Waals surface area contributed by atoms with Crippen LogP contribution in [-0.4, -0.2) is 29.9 Å². The first-order valence-electron chi connectivity index (χ1n) is 9.78. The lowest BCUT2D eigenvalue weighted by atomic mass is 9.40. The minimum Gasteiger partial charge on any atom is -0.342 e. The molecule has 3 nitrogen and oxygen atoms in total. The fourth-order valence-electron chi connectivity index (χ4n) is 7.65. The highest BCUT2D eigenvalue weighted by atomic mass is 16.2. The molecule has 0 radical (unpaired) electrons. The SMILES string of the molecule is CC(N)C1CCN(C(=O)C23CC4CC(C)(CC(C)(C4)C2)C3)CC1. The van der Waals surface area contributed by atoms with Crippen molar-refractivity contribution in [3.63, 3.8) is 0 Å². The number of amides is 1. The summed E-state index contributed by atoms with van der Waals surface area (Å²) >= 11 is 0. The fourth-order valence-corrected chi connectivity index (χ4v) is 7.65. The van der Waals surface area contributed by atoms with Crippen molar-refractivity contribution < 1.29 is 4.79 Å². The Kier molecular flexibility index (Phi) is 3.44. The fraction of sp³-hybridized carbons (Fsp3) is 0.950. The van der Waals surface area contributed by atoms with E-state index >= 15 is 0 Å². The van der Waals surface area contributed by atoms with E-state index < -0.39 is 0 Å². The molecular formula is C20H34N2O. The second-order valence-corrected chi connectivity index (χ2v) is 10.4. The van der Waals surface area contributed by atoms with Crippen molar-refractivity contribution in [2.75, 3.05) is 13.1 Å². The number of rotatable bonds is 2. The van der Waals surface area contributed by atoms with Crippen LogP contribution in [-0.2, 0) is 4.79 Å². The zero-order valence-corrected chi connectivity index (χ0v) is 15.2. The van der Waals surface area contributed by atoms with E-state index in [1.807, 2.05) is 0 Å². The van der Waals surface area contributed by atoms with Gasteiger partial charge in [-0.2, -0.15) is 0 Å². The van der Waals surface area contributed by atoms with Crippen LogP contribution < -0.4 is 5.73 Å². The summed E-state index contributed by atoms with van der Waals surface area (Å²) in [5.41, 5.74) is 6.89. The lowest BCUT2D eigenvalue weighted by Gasteiger charge is -2.65. The van der Waals surface area contributed by atoms with E-state index in [1.165, 1.54) is 25.7 Å². The standard InChI is InChI=1S/C20H34N2O/c1-14(21)16-4-6-22(7-5-16)17(23)20-10-15-8-18(2,12-20)11-19(3,9-15)13-20/h14-16H,4-13,21H2,1-3H3. The van der Waals surface area contributed by atoms with E-state index in [-0.39, 0.29) is 11.5 Å². The Balaban J connectivity index is 1.53. The smallest absolute Gasteiger partial charge is 0.228 e. The van der Waals surface area contributed by atoms with E-state index in [4.69, 9.17) is 5.73 Å². The molecule has 4 bridgehead atoms. The summed E-state index contributed by atoms with van der Waals surface area (Å²) in [6.45, 7) is 8.90. The number of carbonyl (C=O) groups is 1. The average molecular weight is 319 g/mol. The minimum atomic E-state index is -0.0237. The third kappa shape index (κ3) is 2.54. The number of hydrogen-bond acceptors (Lipinski definition) is 2. The molecule has 1 saturated heterocycles. The summed E-state index contributed by atoms with van der Waals surface area (Å²) < 4.78 is 0. The molecule has 5 rings (SSSR count). The summed E-state index contributed by atoms with van der Waals surface area (Å²) in [7, 11) is 0. The van der Waals surface area contributed by atoms with E-state index in [0.29, 0.717) is 22.7 Å². The van der Waals surface area contributed by atoms with Crippen molar-refractivity contribution in [1.82, 2.24) is 4.90 Å². The lowest BCUT2D eigenvalue weighted by molar-refractivity contribution is -0.180. The van der Waals surface area contributed by atoms with Crippen LogP contribution in [0.15, 0.2) is 0 Å². The zero-order valence-electron chi connectivity index (χ0n) is 15.2. The molecule has 3 atom stereocenters. The van der Waals surface area contributed by atoms with Crippen LogP contribution in [0.25, 0.3) is 0 Å². The predicted octanol–water partition coefficient (Wildman–Crippen LogP) is 3.57. The van der Waals surface area contributed by atoms with E-state index in [1.54, 1.807) is 0 Å². The molecule has 0 spiro atoms. The lowest BCUT2D eigenvalue weighted by Crippen LogP contribution is -2.61. The van der Waals surface area contributed by atoms with Gasteiger partial charge in [0.25, 0.3) is 0 Å². The maximum atomic E-state index is 13.5. The van der Waals surface area contributed by atoms with Gasteiger partial charge in [-0.05, 0) is 81.0 Å². The van der Waals surface area contributed by atoms with Crippen molar-refractivity contribution in [2.45, 2.75) is 78.2 Å². The van der Waals surface area contributed by atoms with Gasteiger partial charge in [-0.3, -0.25) is 4.79 Å². The molecule has 4 saturated carbocycles. The Bertz CT molecular complexity index is 488. The van der Waals surface area contributed by atoms with Gasteiger partial charge in [0.1, 0.15) is 0 Å². The van der Waals surface area contributed by atoms with E-state index in [9.17, 15) is 4.79 Å². The number of hydrogen-bond donors (Lipinski definition) is 1. The minimum absolute atomic E-state index is 0.0237. The number of piperidine rings is 1. The van der Waals surface area contributed by atoms with Crippen LogP contribution in [0.3, 0.4) is 0 Å². The molecule has 3 heteroatoms. The number of nitrogens with zero attached hydrogens (tertiary/aromatic N) is 1. The number of nitrogens with two attached hydrogens (primary N) is 1. The Morgan fingerprint density at radius 2 is 1.61 bits per heavy atom. The summed E-state index contributed by atoms with van der Waals surface area (Å²) in [6.07, 6.45) is 9.74. The third-order valence-electron chi connectivity index (χ3n) is 7.65. The molecule has 0 aromatic heterocycles. The van der Waals surface area contributed by atoms with E-state index in [0.717, 1.165) is 44.7 Å². The molecule has 1 aliphatic heterocycles. The van der Waals surface area contributed by atoms with Gasteiger partial charge in [0, 0.05) is 19.1 Å². The first kappa shape index (κ1) is 15.9. The highest BCUT2D eigenvalue weighted by molar-refractivity contribution is 5.83. The molecule has 4 aliphatic carbocycles. The van der Waals surface area contributed by atoms with Crippen molar-refractivity contribution in [2.24, 2.45) is 33.8 Å². The summed E-state index contributed by atoms with van der Waals surface area (Å²) in [4.78, 5) is 15.7. The zero-order chi connectivity index (χ0) is 16.5. The Morgan fingerprint density at radius 3 is 2.09 bits per heavy atom. The van der Waals surface area contributed by atoms with Crippen molar-refractivity contribution in [1.29, 1.82) is 0 Å². The molecule has 5 aliphatic rings. The van der Waals surface area contributed by atoms with Gasteiger partial charge in [-0.25, -0.2) is 0 Å². The molecule has 130 valence electrons. The monoisotopic (exact) mass is 318 g/mol. The van der Waals surface area contributed by atoms with E-state index in [2.05, 4.69) is 25.7 Å². The third-order valence-corrected chi connectivity index (χ3v) is 7.65. The molecule has 23 heavy (non-hydrogen) atoms. The topological polar surface area (TPSA) is 46.3 Å². The highest BCUT2D eigenvalue weighted by Crippen LogP contribution is 2.69. The Labute approximate surface area is 141 Å². The maximum Gasteiger partial charge on any atom is 0.228 e. The van der Waals surface area contributed by atoms with Crippen LogP contribution in [0.1, 0.15) is 72.1 Å². The average Bonchev–Trinajstić information content (AvgIpc) is 2.42. The maximum absolute atomic E-state index is 13.5. The van der Waals surface area contributed by atoms with Gasteiger partial charge >= 0.3 is 0 Å². The summed E-state index contributed by atoms with van der Waals surface area (Å²) in [5.74, 6) is 1.90. The molecule has 1 heterocycles. The molecule has 1 amide bonds. The first-order valence-corrected chi connectivity index (χ1v) is 9.78. The van der Waals surface area contributed by atoms with Crippen LogP contribution >= 0.6 is 0 Å². The van der Waals surface area contributed by atoms with Gasteiger partial charge in [-0.1, -0.05) is 13.8 Å². The van der Waals surface area contributed by atoms with Gasteiger partial charge in [0.15, 0.2) is 0 Å². The molecule has 0 aromatic carbocycles. The second kappa shape index (κ2) is 4.97. The van der Waals surface area contributed by atoms with Crippen molar-refractivity contribution >= 4 is 5.91 Å². The predicted molar refractivity (Wildman–Crippen MR) is 92.8 cm³/mol. The molecule has 5 fully saturated rings. The van der Waals surface area contributed by atoms with Crippen molar-refractivity contribution in [3.8, 4) is 0 Å². The Morgan fingerprint density at radius 1 is 1.04 bits per heavy atom. The van der Waals surface area contributed by atoms with Crippen LogP contribution in [0.5, 0.6) is 0 Å². The number of carbonyl (C=O) groups excluding carboxylic acids is 1. The van der Waals surface area contributed by atoms with Gasteiger partial charge in [0.05, 0.1) is 5.41 Å². The largest absolute Gasteiger partial charge is 0.342 e. The van der Waals surface area contributed by atoms with Crippen LogP contribution in [0.2, 0.25) is 0 Å². The van der Waals surface area contributed by atoms with Crippen LogP contribution in [0, 0.1) is 28.1 Å². The highest BCUT2D eigenvalue weighted by Gasteiger charge is 2.63. The second-order valence-electron chi connectivity index (χ2n) is 10.4. The normalized spacial score (nSPS) is 47.8. The van der Waals surface area contributed by atoms with Gasteiger partial charge in [-0.15, -0.1) is 0 Å². The molecule has 2 N–H and O–H groups in total. The van der Waals surface area contributed by atoms with Gasteiger partial charge in [0.2, 0.25) is 5.91 Å². The van der Waals surface area contributed by atoms with Gasteiger partial charge < -0.3 is 10.6 Å². The summed E-state index contributed by atoms with van der Waals surface area (Å²) in [6, 6.07) is 0.268. The van der Waals surface area contributed by atoms with Crippen molar-refractivity contribution in [3.05, 3.63) is 0 Å². The first-order chi connectivity index (χ1) is 10.7. The summed E-state index contributed by atoms with van der Waals surface area (Å²) in [5, 5.41) is 0. The molecule has 3 unspecified atom stereocenters. The molecule has 0 aromatic rings. The quantitative estimate of drug-likeness (QED) is 0.846. The van der Waals surface area contributed by atoms with Crippen LogP contribution in [0.4, 0.5) is 0 Å².